The standard InChI is InChI=1S/C26H26N2O6S/c1-16(2)24(26(30)31)28-15-19-14-18(6-13-23(19)25(28)29)17-4-7-20(8-5-17)27-35(32,33)22-11-9-21(34-3)10-12-22/h4-14,16,24,27H,15H2,1-3H3,(H,30,31). The van der Waals surface area contributed by atoms with Crippen LogP contribution in [0.5, 0.6) is 5.75 Å². The smallest absolute Gasteiger partial charge is 0.326 e. The maximum atomic E-state index is 12.8. The van der Waals surface area contributed by atoms with Crippen molar-refractivity contribution < 1.29 is 27.9 Å². The van der Waals surface area contributed by atoms with E-state index in [-0.39, 0.29) is 23.3 Å². The second kappa shape index (κ2) is 9.42. The van der Waals surface area contributed by atoms with Gasteiger partial charge in [0.2, 0.25) is 0 Å². The summed E-state index contributed by atoms with van der Waals surface area (Å²) in [7, 11) is -2.24. The number of carboxylic acids is 1. The number of carbonyl (C=O) groups excluding carboxylic acids is 1. The van der Waals surface area contributed by atoms with Gasteiger partial charge in [-0.3, -0.25) is 9.52 Å². The van der Waals surface area contributed by atoms with Crippen molar-refractivity contribution in [2.24, 2.45) is 5.92 Å². The van der Waals surface area contributed by atoms with Gasteiger partial charge in [0.25, 0.3) is 15.9 Å². The van der Waals surface area contributed by atoms with Crippen LogP contribution in [-0.4, -0.2) is 43.5 Å². The summed E-state index contributed by atoms with van der Waals surface area (Å²) in [5.41, 5.74) is 3.37. The van der Waals surface area contributed by atoms with Gasteiger partial charge in [-0.2, -0.15) is 0 Å². The predicted octanol–water partition coefficient (Wildman–Crippen LogP) is 4.23. The summed E-state index contributed by atoms with van der Waals surface area (Å²) in [5.74, 6) is -0.959. The summed E-state index contributed by atoms with van der Waals surface area (Å²) in [5, 5.41) is 9.59. The molecular weight excluding hydrogens is 468 g/mol. The zero-order chi connectivity index (χ0) is 25.3. The summed E-state index contributed by atoms with van der Waals surface area (Å²) in [6.45, 7) is 3.80. The average Bonchev–Trinajstić information content (AvgIpc) is 3.14. The highest BCUT2D eigenvalue weighted by Gasteiger charge is 2.38. The molecule has 1 unspecified atom stereocenters. The first kappa shape index (κ1) is 24.3. The molecule has 9 heteroatoms. The van der Waals surface area contributed by atoms with Crippen LogP contribution < -0.4 is 9.46 Å². The van der Waals surface area contributed by atoms with Crippen molar-refractivity contribution in [1.29, 1.82) is 0 Å². The monoisotopic (exact) mass is 494 g/mol. The lowest BCUT2D eigenvalue weighted by Gasteiger charge is -2.27. The largest absolute Gasteiger partial charge is 0.497 e. The fourth-order valence-corrected chi connectivity index (χ4v) is 5.28. The lowest BCUT2D eigenvalue weighted by molar-refractivity contribution is -0.144. The summed E-state index contributed by atoms with van der Waals surface area (Å²) in [4.78, 5) is 26.1. The van der Waals surface area contributed by atoms with Gasteiger partial charge in [0.05, 0.1) is 12.0 Å². The van der Waals surface area contributed by atoms with Gasteiger partial charge in [0, 0.05) is 17.8 Å². The minimum Gasteiger partial charge on any atom is -0.497 e. The maximum absolute atomic E-state index is 12.8. The minimum absolute atomic E-state index is 0.122. The number of anilines is 1. The lowest BCUT2D eigenvalue weighted by atomic mass is 10.0. The van der Waals surface area contributed by atoms with Crippen LogP contribution in [0.3, 0.4) is 0 Å². The molecule has 1 aliphatic heterocycles. The van der Waals surface area contributed by atoms with E-state index in [1.807, 2.05) is 12.1 Å². The summed E-state index contributed by atoms with van der Waals surface area (Å²) < 4.78 is 33.0. The second-order valence-electron chi connectivity index (χ2n) is 8.69. The molecule has 0 spiro atoms. The number of fused-ring (bicyclic) bond motifs is 1. The van der Waals surface area contributed by atoms with Gasteiger partial charge >= 0.3 is 5.97 Å². The normalized spacial score (nSPS) is 14.1. The number of benzene rings is 3. The van der Waals surface area contributed by atoms with E-state index in [1.165, 1.54) is 24.1 Å². The number of ether oxygens (including phenoxy) is 1. The van der Waals surface area contributed by atoms with E-state index in [9.17, 15) is 23.1 Å². The number of carbonyl (C=O) groups is 2. The molecule has 3 aromatic rings. The van der Waals surface area contributed by atoms with Crippen LogP contribution in [0.4, 0.5) is 5.69 Å². The first-order valence-electron chi connectivity index (χ1n) is 11.0. The number of aliphatic carboxylic acids is 1. The Morgan fingerprint density at radius 2 is 1.63 bits per heavy atom. The van der Waals surface area contributed by atoms with Gasteiger partial charge in [0.15, 0.2) is 0 Å². The third kappa shape index (κ3) is 4.85. The molecule has 2 N–H and O–H groups in total. The Labute approximate surface area is 204 Å². The summed E-state index contributed by atoms with van der Waals surface area (Å²) in [6, 6.07) is 17.5. The van der Waals surface area contributed by atoms with Crippen LogP contribution in [0, 0.1) is 5.92 Å². The number of hydrogen-bond donors (Lipinski definition) is 2. The summed E-state index contributed by atoms with van der Waals surface area (Å²) in [6.07, 6.45) is 0. The highest BCUT2D eigenvalue weighted by Crippen LogP contribution is 2.32. The van der Waals surface area contributed by atoms with Gasteiger partial charge < -0.3 is 14.7 Å². The van der Waals surface area contributed by atoms with Crippen molar-refractivity contribution in [3.05, 3.63) is 77.9 Å². The van der Waals surface area contributed by atoms with E-state index in [0.717, 1.165) is 16.7 Å². The highest BCUT2D eigenvalue weighted by molar-refractivity contribution is 7.92. The molecule has 182 valence electrons. The van der Waals surface area contributed by atoms with Gasteiger partial charge in [-0.05, 0) is 71.1 Å². The van der Waals surface area contributed by atoms with Crippen LogP contribution in [0.1, 0.15) is 29.8 Å². The average molecular weight is 495 g/mol. The molecule has 3 aromatic carbocycles. The van der Waals surface area contributed by atoms with Crippen molar-refractivity contribution in [2.75, 3.05) is 11.8 Å². The molecular formula is C26H26N2O6S. The molecule has 0 radical (unpaired) electrons. The fraction of sp³-hybridized carbons (Fsp3) is 0.231. The molecule has 0 fully saturated rings. The van der Waals surface area contributed by atoms with Crippen molar-refractivity contribution in [3.63, 3.8) is 0 Å². The SMILES string of the molecule is COc1ccc(S(=O)(=O)Nc2ccc(-c3ccc4c(c3)CN(C(C(=O)O)C(C)C)C4=O)cc2)cc1. The maximum Gasteiger partial charge on any atom is 0.326 e. The van der Waals surface area contributed by atoms with E-state index in [1.54, 1.807) is 56.3 Å². The highest BCUT2D eigenvalue weighted by atomic mass is 32.2. The predicted molar refractivity (Wildman–Crippen MR) is 132 cm³/mol. The molecule has 0 saturated heterocycles. The fourth-order valence-electron chi connectivity index (χ4n) is 4.23. The number of amides is 1. The molecule has 1 heterocycles. The third-order valence-electron chi connectivity index (χ3n) is 6.00. The molecule has 1 atom stereocenters. The van der Waals surface area contributed by atoms with Gasteiger partial charge in [-0.25, -0.2) is 13.2 Å². The molecule has 0 aromatic heterocycles. The second-order valence-corrected chi connectivity index (χ2v) is 10.4. The van der Waals surface area contributed by atoms with E-state index >= 15 is 0 Å². The Kier molecular flexibility index (Phi) is 6.53. The first-order chi connectivity index (χ1) is 16.6. The van der Waals surface area contributed by atoms with E-state index < -0.39 is 22.0 Å². The molecule has 0 aliphatic carbocycles. The summed E-state index contributed by atoms with van der Waals surface area (Å²) >= 11 is 0. The first-order valence-corrected chi connectivity index (χ1v) is 12.5. The number of sulfonamides is 1. The number of carboxylic acid groups (broad SMARTS) is 1. The van der Waals surface area contributed by atoms with Crippen LogP contribution in [0.15, 0.2) is 71.6 Å². The van der Waals surface area contributed by atoms with E-state index in [2.05, 4.69) is 4.72 Å². The van der Waals surface area contributed by atoms with Crippen LogP contribution in [0.25, 0.3) is 11.1 Å². The van der Waals surface area contributed by atoms with Crippen molar-refractivity contribution >= 4 is 27.6 Å². The number of nitrogens with zero attached hydrogens (tertiary/aromatic N) is 1. The van der Waals surface area contributed by atoms with Crippen LogP contribution in [0.2, 0.25) is 0 Å². The molecule has 0 bridgehead atoms. The van der Waals surface area contributed by atoms with E-state index in [0.29, 0.717) is 17.0 Å². The number of hydrogen-bond acceptors (Lipinski definition) is 5. The Balaban J connectivity index is 1.52. The number of rotatable bonds is 8. The van der Waals surface area contributed by atoms with Gasteiger partial charge in [-0.15, -0.1) is 0 Å². The zero-order valence-electron chi connectivity index (χ0n) is 19.6. The van der Waals surface area contributed by atoms with Crippen molar-refractivity contribution in [2.45, 2.75) is 31.3 Å². The lowest BCUT2D eigenvalue weighted by Crippen LogP contribution is -2.44. The van der Waals surface area contributed by atoms with Crippen LogP contribution in [-0.2, 0) is 21.4 Å². The van der Waals surface area contributed by atoms with Crippen molar-refractivity contribution in [3.8, 4) is 16.9 Å². The molecule has 0 saturated carbocycles. The Bertz CT molecular complexity index is 1370. The Hall–Kier alpha value is -3.85. The van der Waals surface area contributed by atoms with Crippen LogP contribution >= 0.6 is 0 Å². The Morgan fingerprint density at radius 3 is 2.20 bits per heavy atom. The number of nitrogens with one attached hydrogen (secondary N) is 1. The third-order valence-corrected chi connectivity index (χ3v) is 7.39. The molecule has 1 amide bonds. The molecule has 8 nitrogen and oxygen atoms in total. The molecule has 1 aliphatic rings. The van der Waals surface area contributed by atoms with Gasteiger partial charge in [-0.1, -0.05) is 32.0 Å². The zero-order valence-corrected chi connectivity index (χ0v) is 20.4. The molecule has 4 rings (SSSR count). The van der Waals surface area contributed by atoms with Gasteiger partial charge in [0.1, 0.15) is 11.8 Å². The Morgan fingerprint density at radius 1 is 1.00 bits per heavy atom. The quantitative estimate of drug-likeness (QED) is 0.485. The minimum atomic E-state index is -3.75. The van der Waals surface area contributed by atoms with Crippen molar-refractivity contribution in [1.82, 2.24) is 4.90 Å². The van der Waals surface area contributed by atoms with E-state index in [4.69, 9.17) is 4.74 Å². The topological polar surface area (TPSA) is 113 Å². The molecule has 35 heavy (non-hydrogen) atoms. The number of methoxy groups -OCH3 is 1.